The highest BCUT2D eigenvalue weighted by atomic mass is 32.1. The van der Waals surface area contributed by atoms with Crippen LogP contribution in [0.15, 0.2) is 29.6 Å². The van der Waals surface area contributed by atoms with Gasteiger partial charge in [0, 0.05) is 28.6 Å². The molecule has 1 saturated heterocycles. The van der Waals surface area contributed by atoms with Gasteiger partial charge in [-0.3, -0.25) is 4.79 Å². The predicted molar refractivity (Wildman–Crippen MR) is 68.5 cm³/mol. The lowest BCUT2D eigenvalue weighted by Crippen LogP contribution is -2.40. The molecule has 3 rings (SSSR count). The Balaban J connectivity index is 1.95. The Labute approximate surface area is 104 Å². The van der Waals surface area contributed by atoms with Gasteiger partial charge in [-0.25, -0.2) is 0 Å². The van der Waals surface area contributed by atoms with E-state index < -0.39 is 0 Å². The Morgan fingerprint density at radius 3 is 2.82 bits per heavy atom. The molecule has 0 saturated carbocycles. The maximum absolute atomic E-state index is 12.4. The van der Waals surface area contributed by atoms with Crippen LogP contribution in [0, 0.1) is 0 Å². The lowest BCUT2D eigenvalue weighted by molar-refractivity contribution is 0.0304. The van der Waals surface area contributed by atoms with Gasteiger partial charge in [0.15, 0.2) is 0 Å². The molecule has 0 N–H and O–H groups in total. The van der Waals surface area contributed by atoms with Crippen LogP contribution in [-0.2, 0) is 4.74 Å². The van der Waals surface area contributed by atoms with Crippen molar-refractivity contribution in [1.29, 1.82) is 0 Å². The molecule has 0 atom stereocenters. The number of carbonyl (C=O) groups is 1. The van der Waals surface area contributed by atoms with Crippen molar-refractivity contribution in [3.63, 3.8) is 0 Å². The number of nitrogens with zero attached hydrogens (tertiary/aromatic N) is 1. The van der Waals surface area contributed by atoms with Gasteiger partial charge < -0.3 is 9.64 Å². The second kappa shape index (κ2) is 4.47. The summed E-state index contributed by atoms with van der Waals surface area (Å²) >= 11 is 1.63. The Hall–Kier alpha value is -1.39. The number of carbonyl (C=O) groups excluding carboxylic acids is 1. The van der Waals surface area contributed by atoms with Crippen molar-refractivity contribution in [1.82, 2.24) is 4.90 Å². The largest absolute Gasteiger partial charge is 0.378 e. The predicted octanol–water partition coefficient (Wildman–Crippen LogP) is 2.37. The molecule has 0 bridgehead atoms. The topological polar surface area (TPSA) is 29.5 Å². The fourth-order valence-corrected chi connectivity index (χ4v) is 3.01. The van der Waals surface area contributed by atoms with E-state index in [1.54, 1.807) is 11.3 Å². The summed E-state index contributed by atoms with van der Waals surface area (Å²) in [5.41, 5.74) is 0.826. The third-order valence-electron chi connectivity index (χ3n) is 3.01. The van der Waals surface area contributed by atoms with Crippen LogP contribution in [0.25, 0.3) is 10.1 Å². The molecule has 1 aliphatic rings. The summed E-state index contributed by atoms with van der Waals surface area (Å²) in [6, 6.07) is 8.04. The number of fused-ring (bicyclic) bond motifs is 1. The summed E-state index contributed by atoms with van der Waals surface area (Å²) < 4.78 is 6.43. The first-order chi connectivity index (χ1) is 8.36. The number of amides is 1. The molecule has 1 amide bonds. The van der Waals surface area contributed by atoms with E-state index in [1.807, 2.05) is 28.5 Å². The Morgan fingerprint density at radius 2 is 2.00 bits per heavy atom. The van der Waals surface area contributed by atoms with E-state index in [1.165, 1.54) is 4.70 Å². The summed E-state index contributed by atoms with van der Waals surface area (Å²) in [5.74, 6) is 0.130. The van der Waals surface area contributed by atoms with E-state index in [9.17, 15) is 4.79 Å². The van der Waals surface area contributed by atoms with Gasteiger partial charge in [0.1, 0.15) is 0 Å². The number of hydrogen-bond acceptors (Lipinski definition) is 3. The molecule has 0 spiro atoms. The average molecular weight is 247 g/mol. The molecule has 1 fully saturated rings. The Morgan fingerprint density at radius 1 is 1.24 bits per heavy atom. The lowest BCUT2D eigenvalue weighted by Gasteiger charge is -2.26. The number of morpholine rings is 1. The van der Waals surface area contributed by atoms with Crippen molar-refractivity contribution in [2.45, 2.75) is 0 Å². The lowest BCUT2D eigenvalue weighted by atomic mass is 10.1. The normalized spacial score (nSPS) is 16.4. The van der Waals surface area contributed by atoms with Gasteiger partial charge >= 0.3 is 0 Å². The first-order valence-electron chi connectivity index (χ1n) is 5.69. The van der Waals surface area contributed by atoms with Gasteiger partial charge in [-0.05, 0) is 6.07 Å². The van der Waals surface area contributed by atoms with Gasteiger partial charge in [-0.1, -0.05) is 18.2 Å². The third-order valence-corrected chi connectivity index (χ3v) is 3.97. The minimum Gasteiger partial charge on any atom is -0.378 e. The molecular formula is C13H13NO2S. The smallest absolute Gasteiger partial charge is 0.255 e. The molecule has 0 aliphatic carbocycles. The highest BCUT2D eigenvalue weighted by Crippen LogP contribution is 2.26. The van der Waals surface area contributed by atoms with E-state index in [4.69, 9.17) is 4.74 Å². The van der Waals surface area contributed by atoms with Gasteiger partial charge in [0.05, 0.1) is 18.8 Å². The fourth-order valence-electron chi connectivity index (χ4n) is 2.08. The molecule has 17 heavy (non-hydrogen) atoms. The van der Waals surface area contributed by atoms with Crippen LogP contribution >= 0.6 is 11.3 Å². The summed E-state index contributed by atoms with van der Waals surface area (Å²) in [6.07, 6.45) is 0. The van der Waals surface area contributed by atoms with E-state index in [0.717, 1.165) is 10.9 Å². The zero-order valence-corrected chi connectivity index (χ0v) is 10.2. The summed E-state index contributed by atoms with van der Waals surface area (Å²) in [5, 5.41) is 3.02. The average Bonchev–Trinajstić information content (AvgIpc) is 2.83. The number of ether oxygens (including phenoxy) is 1. The maximum atomic E-state index is 12.4. The van der Waals surface area contributed by atoms with E-state index >= 15 is 0 Å². The summed E-state index contributed by atoms with van der Waals surface area (Å²) in [6.45, 7) is 2.69. The van der Waals surface area contributed by atoms with Crippen molar-refractivity contribution in [2.75, 3.05) is 26.3 Å². The molecule has 1 aromatic heterocycles. The third kappa shape index (κ3) is 1.94. The minimum atomic E-state index is 0.130. The van der Waals surface area contributed by atoms with Gasteiger partial charge in [0.2, 0.25) is 0 Å². The van der Waals surface area contributed by atoms with Gasteiger partial charge in [-0.15, -0.1) is 11.3 Å². The highest BCUT2D eigenvalue weighted by molar-refractivity contribution is 7.17. The number of benzene rings is 1. The number of thiophene rings is 1. The van der Waals surface area contributed by atoms with Crippen LogP contribution in [0.3, 0.4) is 0 Å². The van der Waals surface area contributed by atoms with Crippen LogP contribution in [-0.4, -0.2) is 37.1 Å². The van der Waals surface area contributed by atoms with Crippen molar-refractivity contribution in [2.24, 2.45) is 0 Å². The molecule has 1 aromatic carbocycles. The Kier molecular flexibility index (Phi) is 2.82. The van der Waals surface area contributed by atoms with Crippen LogP contribution in [0.2, 0.25) is 0 Å². The summed E-state index contributed by atoms with van der Waals surface area (Å²) in [4.78, 5) is 14.2. The molecule has 88 valence electrons. The fraction of sp³-hybridized carbons (Fsp3) is 0.308. The highest BCUT2D eigenvalue weighted by Gasteiger charge is 2.20. The minimum absolute atomic E-state index is 0.130. The van der Waals surface area contributed by atoms with Crippen molar-refractivity contribution < 1.29 is 9.53 Å². The van der Waals surface area contributed by atoms with Crippen molar-refractivity contribution in [3.05, 3.63) is 35.2 Å². The molecule has 3 nitrogen and oxygen atoms in total. The maximum Gasteiger partial charge on any atom is 0.255 e. The van der Waals surface area contributed by atoms with Crippen LogP contribution in [0.1, 0.15) is 10.4 Å². The van der Waals surface area contributed by atoms with Crippen LogP contribution < -0.4 is 0 Å². The quantitative estimate of drug-likeness (QED) is 0.774. The van der Waals surface area contributed by atoms with Crippen molar-refractivity contribution in [3.8, 4) is 0 Å². The molecule has 2 heterocycles. The zero-order chi connectivity index (χ0) is 11.7. The SMILES string of the molecule is O=C(c1csc2ccccc12)N1CCOCC1. The second-order valence-corrected chi connectivity index (χ2v) is 4.96. The van der Waals surface area contributed by atoms with E-state index in [0.29, 0.717) is 26.3 Å². The van der Waals surface area contributed by atoms with E-state index in [2.05, 4.69) is 6.07 Å². The first kappa shape index (κ1) is 10.7. The monoisotopic (exact) mass is 247 g/mol. The van der Waals surface area contributed by atoms with Crippen molar-refractivity contribution >= 4 is 27.3 Å². The molecule has 0 unspecified atom stereocenters. The molecular weight excluding hydrogens is 234 g/mol. The zero-order valence-electron chi connectivity index (χ0n) is 9.39. The Bertz CT molecular complexity index is 543. The first-order valence-corrected chi connectivity index (χ1v) is 6.57. The number of hydrogen-bond donors (Lipinski definition) is 0. The van der Waals surface area contributed by atoms with Gasteiger partial charge in [0.25, 0.3) is 5.91 Å². The number of rotatable bonds is 1. The van der Waals surface area contributed by atoms with E-state index in [-0.39, 0.29) is 5.91 Å². The molecule has 1 aliphatic heterocycles. The van der Waals surface area contributed by atoms with Crippen LogP contribution in [0.5, 0.6) is 0 Å². The van der Waals surface area contributed by atoms with Gasteiger partial charge in [-0.2, -0.15) is 0 Å². The summed E-state index contributed by atoms with van der Waals surface area (Å²) in [7, 11) is 0. The molecule has 2 aromatic rings. The van der Waals surface area contributed by atoms with Crippen LogP contribution in [0.4, 0.5) is 0 Å². The second-order valence-electron chi connectivity index (χ2n) is 4.05. The standard InChI is InChI=1S/C13H13NO2S/c15-13(14-5-7-16-8-6-14)11-9-17-12-4-2-1-3-10(11)12/h1-4,9H,5-8H2. The molecule has 4 heteroatoms. The molecule has 0 radical (unpaired) electrons.